The van der Waals surface area contributed by atoms with Crippen molar-refractivity contribution in [3.8, 4) is 0 Å². The summed E-state index contributed by atoms with van der Waals surface area (Å²) in [5.74, 6) is 0.810. The molecule has 0 heterocycles. The van der Waals surface area contributed by atoms with E-state index in [9.17, 15) is 13.2 Å². The van der Waals surface area contributed by atoms with E-state index in [1.54, 1.807) is 0 Å². The largest absolute Gasteiger partial charge is 0.418 e. The number of anilines is 1. The van der Waals surface area contributed by atoms with Crippen molar-refractivity contribution in [2.45, 2.75) is 18.0 Å². The van der Waals surface area contributed by atoms with Gasteiger partial charge in [-0.2, -0.15) is 13.2 Å². The maximum atomic E-state index is 12.3. The summed E-state index contributed by atoms with van der Waals surface area (Å²) in [4.78, 5) is 0.762. The van der Waals surface area contributed by atoms with E-state index in [2.05, 4.69) is 0 Å². The SMILES string of the molecule is CCSc1ccc(C(F)(F)F)c(N)c1. The number of thioether (sulfide) groups is 1. The summed E-state index contributed by atoms with van der Waals surface area (Å²) in [6, 6.07) is 3.82. The Kier molecular flexibility index (Phi) is 3.31. The van der Waals surface area contributed by atoms with E-state index in [0.29, 0.717) is 0 Å². The molecule has 14 heavy (non-hydrogen) atoms. The number of alkyl halides is 3. The lowest BCUT2D eigenvalue weighted by Crippen LogP contribution is -2.08. The van der Waals surface area contributed by atoms with Crippen molar-refractivity contribution in [1.29, 1.82) is 0 Å². The fraction of sp³-hybridized carbons (Fsp3) is 0.333. The number of hydrogen-bond donors (Lipinski definition) is 1. The van der Waals surface area contributed by atoms with Crippen LogP contribution in [0.3, 0.4) is 0 Å². The third-order valence-corrected chi connectivity index (χ3v) is 2.52. The summed E-state index contributed by atoms with van der Waals surface area (Å²) in [6.45, 7) is 1.93. The number of rotatable bonds is 2. The van der Waals surface area contributed by atoms with E-state index < -0.39 is 11.7 Å². The van der Waals surface area contributed by atoms with Crippen molar-refractivity contribution in [2.75, 3.05) is 11.5 Å². The minimum absolute atomic E-state index is 0.212. The molecule has 0 bridgehead atoms. The molecule has 0 saturated carbocycles. The molecular formula is C9H10F3NS. The number of benzene rings is 1. The standard InChI is InChI=1S/C9H10F3NS/c1-2-14-6-3-4-7(8(13)5-6)9(10,11)12/h3-5H,2,13H2,1H3. The molecule has 0 aliphatic rings. The summed E-state index contributed by atoms with van der Waals surface area (Å²) in [6.07, 6.45) is -4.36. The molecule has 1 aromatic carbocycles. The summed E-state index contributed by atoms with van der Waals surface area (Å²) >= 11 is 1.46. The van der Waals surface area contributed by atoms with Crippen LogP contribution in [0.2, 0.25) is 0 Å². The minimum Gasteiger partial charge on any atom is -0.398 e. The van der Waals surface area contributed by atoms with E-state index in [1.807, 2.05) is 6.92 Å². The Morgan fingerprint density at radius 2 is 2.00 bits per heavy atom. The van der Waals surface area contributed by atoms with Crippen LogP contribution in [0.1, 0.15) is 12.5 Å². The van der Waals surface area contributed by atoms with Crippen molar-refractivity contribution in [1.82, 2.24) is 0 Å². The zero-order valence-corrected chi connectivity index (χ0v) is 8.38. The first-order valence-electron chi connectivity index (χ1n) is 4.04. The highest BCUT2D eigenvalue weighted by atomic mass is 32.2. The number of nitrogens with two attached hydrogens (primary N) is 1. The second kappa shape index (κ2) is 4.13. The molecule has 1 rings (SSSR count). The average Bonchev–Trinajstić information content (AvgIpc) is 2.02. The van der Waals surface area contributed by atoms with Crippen LogP contribution in [0, 0.1) is 0 Å². The quantitative estimate of drug-likeness (QED) is 0.611. The molecule has 0 radical (unpaired) electrons. The Bertz CT molecular complexity index is 322. The van der Waals surface area contributed by atoms with Crippen LogP contribution in [0.15, 0.2) is 23.1 Å². The summed E-state index contributed by atoms with van der Waals surface area (Å²) in [5.41, 5.74) is 4.33. The lowest BCUT2D eigenvalue weighted by atomic mass is 10.2. The Labute approximate surface area is 84.5 Å². The van der Waals surface area contributed by atoms with Crippen molar-refractivity contribution in [2.24, 2.45) is 0 Å². The molecule has 0 spiro atoms. The number of hydrogen-bond acceptors (Lipinski definition) is 2. The van der Waals surface area contributed by atoms with Gasteiger partial charge in [-0.1, -0.05) is 6.92 Å². The maximum absolute atomic E-state index is 12.3. The van der Waals surface area contributed by atoms with E-state index in [0.717, 1.165) is 16.7 Å². The third kappa shape index (κ3) is 2.57. The van der Waals surface area contributed by atoms with Gasteiger partial charge in [0.2, 0.25) is 0 Å². The molecule has 0 aliphatic heterocycles. The molecule has 5 heteroatoms. The third-order valence-electron chi connectivity index (χ3n) is 1.64. The fourth-order valence-corrected chi connectivity index (χ4v) is 1.76. The van der Waals surface area contributed by atoms with Gasteiger partial charge in [-0.3, -0.25) is 0 Å². The second-order valence-electron chi connectivity index (χ2n) is 2.68. The summed E-state index contributed by atoms with van der Waals surface area (Å²) < 4.78 is 36.8. The minimum atomic E-state index is -4.36. The van der Waals surface area contributed by atoms with E-state index in [-0.39, 0.29) is 5.69 Å². The molecule has 0 fully saturated rings. The van der Waals surface area contributed by atoms with Gasteiger partial charge in [0.1, 0.15) is 0 Å². The van der Waals surface area contributed by atoms with Crippen LogP contribution in [0.25, 0.3) is 0 Å². The second-order valence-corrected chi connectivity index (χ2v) is 4.02. The van der Waals surface area contributed by atoms with Crippen LogP contribution in [0.4, 0.5) is 18.9 Å². The van der Waals surface area contributed by atoms with Crippen LogP contribution in [-0.2, 0) is 6.18 Å². The van der Waals surface area contributed by atoms with Crippen LogP contribution in [-0.4, -0.2) is 5.75 Å². The average molecular weight is 221 g/mol. The van der Waals surface area contributed by atoms with Crippen molar-refractivity contribution < 1.29 is 13.2 Å². The van der Waals surface area contributed by atoms with Crippen molar-refractivity contribution in [3.63, 3.8) is 0 Å². The van der Waals surface area contributed by atoms with Gasteiger partial charge >= 0.3 is 6.18 Å². The Morgan fingerprint density at radius 3 is 2.43 bits per heavy atom. The molecular weight excluding hydrogens is 211 g/mol. The normalized spacial score (nSPS) is 11.7. The van der Waals surface area contributed by atoms with Gasteiger partial charge in [0.05, 0.1) is 5.56 Å². The van der Waals surface area contributed by atoms with E-state index >= 15 is 0 Å². The summed E-state index contributed by atoms with van der Waals surface area (Å²) in [5, 5.41) is 0. The molecule has 78 valence electrons. The number of halogens is 3. The molecule has 1 aromatic rings. The van der Waals surface area contributed by atoms with E-state index in [4.69, 9.17) is 5.73 Å². The highest BCUT2D eigenvalue weighted by molar-refractivity contribution is 7.99. The lowest BCUT2D eigenvalue weighted by molar-refractivity contribution is -0.136. The van der Waals surface area contributed by atoms with E-state index in [1.165, 1.54) is 23.9 Å². The van der Waals surface area contributed by atoms with Gasteiger partial charge in [0.15, 0.2) is 0 Å². The van der Waals surface area contributed by atoms with Crippen LogP contribution >= 0.6 is 11.8 Å². The fourth-order valence-electron chi connectivity index (χ4n) is 1.06. The Hall–Kier alpha value is -0.840. The van der Waals surface area contributed by atoms with Gasteiger partial charge in [-0.25, -0.2) is 0 Å². The van der Waals surface area contributed by atoms with Gasteiger partial charge in [-0.05, 0) is 24.0 Å². The topological polar surface area (TPSA) is 26.0 Å². The van der Waals surface area contributed by atoms with Crippen LogP contribution < -0.4 is 5.73 Å². The van der Waals surface area contributed by atoms with Crippen molar-refractivity contribution >= 4 is 17.4 Å². The predicted molar refractivity (Wildman–Crippen MR) is 52.3 cm³/mol. The number of nitrogen functional groups attached to an aromatic ring is 1. The zero-order valence-electron chi connectivity index (χ0n) is 7.56. The maximum Gasteiger partial charge on any atom is 0.418 e. The van der Waals surface area contributed by atoms with Gasteiger partial charge in [-0.15, -0.1) is 11.8 Å². The molecule has 0 atom stereocenters. The first-order valence-corrected chi connectivity index (χ1v) is 5.03. The molecule has 0 unspecified atom stereocenters. The van der Waals surface area contributed by atoms with Gasteiger partial charge in [0, 0.05) is 10.6 Å². The van der Waals surface area contributed by atoms with Gasteiger partial charge in [0.25, 0.3) is 0 Å². The Morgan fingerprint density at radius 1 is 1.36 bits per heavy atom. The highest BCUT2D eigenvalue weighted by Crippen LogP contribution is 2.35. The zero-order chi connectivity index (χ0) is 10.8. The first-order chi connectivity index (χ1) is 6.45. The Balaban J connectivity index is 3.02. The van der Waals surface area contributed by atoms with Crippen molar-refractivity contribution in [3.05, 3.63) is 23.8 Å². The predicted octanol–water partition coefficient (Wildman–Crippen LogP) is 3.40. The lowest BCUT2D eigenvalue weighted by Gasteiger charge is -2.10. The highest BCUT2D eigenvalue weighted by Gasteiger charge is 2.32. The summed E-state index contributed by atoms with van der Waals surface area (Å²) in [7, 11) is 0. The molecule has 2 N–H and O–H groups in total. The van der Waals surface area contributed by atoms with Gasteiger partial charge < -0.3 is 5.73 Å². The molecule has 0 aliphatic carbocycles. The molecule has 0 aromatic heterocycles. The molecule has 0 saturated heterocycles. The molecule has 0 amide bonds. The molecule has 1 nitrogen and oxygen atoms in total. The van der Waals surface area contributed by atoms with Crippen LogP contribution in [0.5, 0.6) is 0 Å². The smallest absolute Gasteiger partial charge is 0.398 e. The first kappa shape index (κ1) is 11.2. The monoisotopic (exact) mass is 221 g/mol.